The highest BCUT2D eigenvalue weighted by atomic mass is 35.5. The van der Waals surface area contributed by atoms with E-state index in [9.17, 15) is 14.0 Å². The average Bonchev–Trinajstić information content (AvgIpc) is 2.70. The summed E-state index contributed by atoms with van der Waals surface area (Å²) < 4.78 is 13.9. The molecule has 0 atom stereocenters. The molecule has 0 radical (unpaired) electrons. The van der Waals surface area contributed by atoms with Crippen LogP contribution in [0.4, 0.5) is 4.39 Å². The van der Waals surface area contributed by atoms with Crippen LogP contribution in [0.1, 0.15) is 15.9 Å². The second-order valence-electron chi connectivity index (χ2n) is 6.41. The van der Waals surface area contributed by atoms with Crippen molar-refractivity contribution >= 4 is 23.4 Å². The van der Waals surface area contributed by atoms with Gasteiger partial charge in [-0.25, -0.2) is 4.39 Å². The summed E-state index contributed by atoms with van der Waals surface area (Å²) in [7, 11) is 0. The van der Waals surface area contributed by atoms with Crippen molar-refractivity contribution in [3.05, 3.63) is 70.5 Å². The van der Waals surface area contributed by atoms with Crippen molar-refractivity contribution in [1.82, 2.24) is 15.1 Å². The molecule has 2 aromatic carbocycles. The monoisotopic (exact) mass is 389 g/mol. The minimum atomic E-state index is -0.315. The van der Waals surface area contributed by atoms with Gasteiger partial charge < -0.3 is 10.2 Å². The van der Waals surface area contributed by atoms with E-state index in [0.29, 0.717) is 48.9 Å². The van der Waals surface area contributed by atoms with Crippen LogP contribution in [-0.2, 0) is 11.3 Å². The molecule has 1 N–H and O–H groups in total. The van der Waals surface area contributed by atoms with Crippen molar-refractivity contribution in [3.8, 4) is 0 Å². The van der Waals surface area contributed by atoms with Gasteiger partial charge >= 0.3 is 0 Å². The van der Waals surface area contributed by atoms with Gasteiger partial charge in [-0.3, -0.25) is 14.5 Å². The molecular weight excluding hydrogens is 369 g/mol. The molecule has 1 saturated heterocycles. The predicted octanol–water partition coefficient (Wildman–Crippen LogP) is 2.55. The van der Waals surface area contributed by atoms with Crippen molar-refractivity contribution in [3.63, 3.8) is 0 Å². The second kappa shape index (κ2) is 8.97. The van der Waals surface area contributed by atoms with Crippen LogP contribution < -0.4 is 5.32 Å². The van der Waals surface area contributed by atoms with Gasteiger partial charge in [-0.05, 0) is 24.3 Å². The first-order valence-electron chi connectivity index (χ1n) is 8.81. The van der Waals surface area contributed by atoms with Crippen LogP contribution in [0, 0.1) is 5.82 Å². The SMILES string of the molecule is O=C(NCC(=O)N1CCN(Cc2c(F)cccc2Cl)CC1)c1ccccc1. The molecule has 2 aromatic rings. The Morgan fingerprint density at radius 2 is 1.70 bits per heavy atom. The summed E-state index contributed by atoms with van der Waals surface area (Å²) in [5.74, 6) is -0.704. The fourth-order valence-corrected chi connectivity index (χ4v) is 3.24. The molecule has 0 unspecified atom stereocenters. The van der Waals surface area contributed by atoms with Crippen molar-refractivity contribution in [2.24, 2.45) is 0 Å². The number of carbonyl (C=O) groups is 2. The maximum atomic E-state index is 13.9. The number of hydrogen-bond donors (Lipinski definition) is 1. The number of nitrogens with zero attached hydrogens (tertiary/aromatic N) is 2. The Bertz CT molecular complexity index is 788. The summed E-state index contributed by atoms with van der Waals surface area (Å²) in [6.07, 6.45) is 0. The minimum absolute atomic E-state index is 0.0349. The largest absolute Gasteiger partial charge is 0.343 e. The number of benzene rings is 2. The molecule has 0 aliphatic carbocycles. The van der Waals surface area contributed by atoms with Gasteiger partial charge in [0, 0.05) is 48.9 Å². The second-order valence-corrected chi connectivity index (χ2v) is 6.81. The molecule has 3 rings (SSSR count). The first kappa shape index (κ1) is 19.3. The highest BCUT2D eigenvalue weighted by molar-refractivity contribution is 6.31. The van der Waals surface area contributed by atoms with Gasteiger partial charge in [0.2, 0.25) is 5.91 Å². The fraction of sp³-hybridized carbons (Fsp3) is 0.300. The summed E-state index contributed by atoms with van der Waals surface area (Å²) >= 11 is 6.08. The van der Waals surface area contributed by atoms with Crippen LogP contribution in [0.2, 0.25) is 5.02 Å². The Balaban J connectivity index is 1.46. The van der Waals surface area contributed by atoms with Crippen LogP contribution in [0.3, 0.4) is 0 Å². The maximum absolute atomic E-state index is 13.9. The van der Waals surface area contributed by atoms with Crippen LogP contribution in [0.25, 0.3) is 0 Å². The van der Waals surface area contributed by atoms with Crippen LogP contribution >= 0.6 is 11.6 Å². The quantitative estimate of drug-likeness (QED) is 0.855. The molecular formula is C20H21ClFN3O2. The third-order valence-corrected chi connectivity index (χ3v) is 4.96. The van der Waals surface area contributed by atoms with E-state index in [4.69, 9.17) is 11.6 Å². The predicted molar refractivity (Wildman–Crippen MR) is 102 cm³/mol. The van der Waals surface area contributed by atoms with Crippen molar-refractivity contribution in [2.75, 3.05) is 32.7 Å². The van der Waals surface area contributed by atoms with E-state index in [1.807, 2.05) is 6.07 Å². The molecule has 0 aromatic heterocycles. The zero-order valence-electron chi connectivity index (χ0n) is 14.8. The lowest BCUT2D eigenvalue weighted by atomic mass is 10.2. The number of nitrogens with one attached hydrogen (secondary N) is 1. The normalized spacial score (nSPS) is 14.8. The maximum Gasteiger partial charge on any atom is 0.251 e. The molecule has 5 nitrogen and oxygen atoms in total. The lowest BCUT2D eigenvalue weighted by Crippen LogP contribution is -2.50. The first-order chi connectivity index (χ1) is 13.0. The molecule has 142 valence electrons. The summed E-state index contributed by atoms with van der Waals surface area (Å²) in [6.45, 7) is 2.70. The van der Waals surface area contributed by atoms with Gasteiger partial charge in [-0.15, -0.1) is 0 Å². The molecule has 1 aliphatic heterocycles. The van der Waals surface area contributed by atoms with E-state index < -0.39 is 0 Å². The van der Waals surface area contributed by atoms with Gasteiger partial charge in [-0.2, -0.15) is 0 Å². The van der Waals surface area contributed by atoms with Crippen LogP contribution in [0.15, 0.2) is 48.5 Å². The smallest absolute Gasteiger partial charge is 0.251 e. The van der Waals surface area contributed by atoms with E-state index in [1.165, 1.54) is 6.07 Å². The molecule has 0 saturated carbocycles. The molecule has 7 heteroatoms. The Labute approximate surface area is 162 Å². The van der Waals surface area contributed by atoms with Crippen molar-refractivity contribution in [2.45, 2.75) is 6.54 Å². The first-order valence-corrected chi connectivity index (χ1v) is 9.18. The Hall–Kier alpha value is -2.44. The van der Waals surface area contributed by atoms with Crippen LogP contribution in [0.5, 0.6) is 0 Å². The van der Waals surface area contributed by atoms with E-state index in [-0.39, 0.29) is 24.2 Å². The zero-order valence-corrected chi connectivity index (χ0v) is 15.6. The molecule has 0 bridgehead atoms. The lowest BCUT2D eigenvalue weighted by Gasteiger charge is -2.35. The molecule has 1 aliphatic rings. The van der Waals surface area contributed by atoms with E-state index >= 15 is 0 Å². The lowest BCUT2D eigenvalue weighted by molar-refractivity contribution is -0.131. The average molecular weight is 390 g/mol. The van der Waals surface area contributed by atoms with Gasteiger partial charge in [-0.1, -0.05) is 35.9 Å². The number of carbonyl (C=O) groups excluding carboxylic acids is 2. The highest BCUT2D eigenvalue weighted by Gasteiger charge is 2.22. The molecule has 2 amide bonds. The number of piperazine rings is 1. The number of hydrogen-bond acceptors (Lipinski definition) is 3. The van der Waals surface area contributed by atoms with Crippen molar-refractivity contribution < 1.29 is 14.0 Å². The van der Waals surface area contributed by atoms with Gasteiger partial charge in [0.25, 0.3) is 5.91 Å². The van der Waals surface area contributed by atoms with Gasteiger partial charge in [0.1, 0.15) is 5.82 Å². The standard InChI is InChI=1S/C20H21ClFN3O2/c21-17-7-4-8-18(22)16(17)14-24-9-11-25(12-10-24)19(26)13-23-20(27)15-5-2-1-3-6-15/h1-8H,9-14H2,(H,23,27). The Morgan fingerprint density at radius 3 is 2.37 bits per heavy atom. The topological polar surface area (TPSA) is 52.7 Å². The van der Waals surface area contributed by atoms with Crippen LogP contribution in [-0.4, -0.2) is 54.3 Å². The highest BCUT2D eigenvalue weighted by Crippen LogP contribution is 2.21. The Kier molecular flexibility index (Phi) is 6.42. The number of rotatable bonds is 5. The molecule has 27 heavy (non-hydrogen) atoms. The van der Waals surface area contributed by atoms with Gasteiger partial charge in [0.05, 0.1) is 6.54 Å². The summed E-state index contributed by atoms with van der Waals surface area (Å²) in [4.78, 5) is 28.1. The molecule has 1 heterocycles. The summed E-state index contributed by atoms with van der Waals surface area (Å²) in [5.41, 5.74) is 1.01. The minimum Gasteiger partial charge on any atom is -0.343 e. The Morgan fingerprint density at radius 1 is 1.00 bits per heavy atom. The van der Waals surface area contributed by atoms with Gasteiger partial charge in [0.15, 0.2) is 0 Å². The number of halogens is 2. The summed E-state index contributed by atoms with van der Waals surface area (Å²) in [6, 6.07) is 13.4. The third-order valence-electron chi connectivity index (χ3n) is 4.60. The van der Waals surface area contributed by atoms with E-state index in [0.717, 1.165) is 0 Å². The summed E-state index contributed by atoms with van der Waals surface area (Å²) in [5, 5.41) is 3.07. The third kappa shape index (κ3) is 5.05. The fourth-order valence-electron chi connectivity index (χ4n) is 3.02. The zero-order chi connectivity index (χ0) is 19.2. The van der Waals surface area contributed by atoms with Crippen molar-refractivity contribution in [1.29, 1.82) is 0 Å². The molecule has 1 fully saturated rings. The van der Waals surface area contributed by atoms with E-state index in [2.05, 4.69) is 10.2 Å². The molecule has 0 spiro atoms. The number of amides is 2. The van der Waals surface area contributed by atoms with E-state index in [1.54, 1.807) is 41.3 Å².